The number of esters is 1. The molecule has 24 heavy (non-hydrogen) atoms. The molecule has 0 unspecified atom stereocenters. The lowest BCUT2D eigenvalue weighted by Crippen LogP contribution is -2.37. The zero-order valence-electron chi connectivity index (χ0n) is 15.4. The van der Waals surface area contributed by atoms with Crippen LogP contribution in [0.3, 0.4) is 0 Å². The molecular weight excluding hydrogens is 304 g/mol. The lowest BCUT2D eigenvalue weighted by Gasteiger charge is -2.28. The number of ether oxygens (including phenoxy) is 1. The molecule has 0 spiro atoms. The van der Waals surface area contributed by atoms with Gasteiger partial charge < -0.3 is 10.1 Å². The van der Waals surface area contributed by atoms with E-state index in [1.807, 2.05) is 0 Å². The van der Waals surface area contributed by atoms with Crippen molar-refractivity contribution in [2.24, 2.45) is 0 Å². The van der Waals surface area contributed by atoms with E-state index in [1.165, 1.54) is 23.6 Å². The number of carbonyl (C=O) groups excluding carboxylic acids is 2. The van der Waals surface area contributed by atoms with Gasteiger partial charge in [-0.15, -0.1) is 0 Å². The first-order chi connectivity index (χ1) is 11.3. The number of amides is 1. The quantitative estimate of drug-likeness (QED) is 0.860. The molecule has 1 amide bonds. The van der Waals surface area contributed by atoms with Crippen LogP contribution in [0.5, 0.6) is 0 Å². The van der Waals surface area contributed by atoms with E-state index < -0.39 is 0 Å². The van der Waals surface area contributed by atoms with Crippen LogP contribution >= 0.6 is 0 Å². The molecule has 1 aromatic carbocycles. The van der Waals surface area contributed by atoms with E-state index in [0.717, 1.165) is 24.2 Å². The maximum absolute atomic E-state index is 11.6. The van der Waals surface area contributed by atoms with Crippen molar-refractivity contribution in [1.82, 2.24) is 10.2 Å². The monoisotopic (exact) mass is 332 g/mol. The van der Waals surface area contributed by atoms with Crippen molar-refractivity contribution in [1.29, 1.82) is 0 Å². The Kier molecular flexibility index (Phi) is 5.99. The van der Waals surface area contributed by atoms with Crippen LogP contribution in [-0.2, 0) is 27.5 Å². The van der Waals surface area contributed by atoms with Gasteiger partial charge >= 0.3 is 5.97 Å². The molecule has 0 saturated carbocycles. The van der Waals surface area contributed by atoms with Crippen LogP contribution in [0.25, 0.3) is 0 Å². The Balaban J connectivity index is 2.27. The molecular formula is C19H28N2O3. The standard InChI is InChI=1S/C19H28N2O3/c1-12-8-13(2)18(11-24-16(5)22)15(4)17(12)10-21-7-6-19(23)20-9-14(21)3/h8,14H,6-7,9-11H2,1-5H3,(H,20,23)/t14-/m0/s1. The number of benzene rings is 1. The lowest BCUT2D eigenvalue weighted by atomic mass is 9.93. The minimum absolute atomic E-state index is 0.122. The Hall–Kier alpha value is -1.88. The molecule has 0 aliphatic carbocycles. The van der Waals surface area contributed by atoms with Gasteiger partial charge in [-0.05, 0) is 55.5 Å². The highest BCUT2D eigenvalue weighted by molar-refractivity contribution is 5.76. The van der Waals surface area contributed by atoms with Crippen molar-refractivity contribution in [2.45, 2.75) is 60.2 Å². The summed E-state index contributed by atoms with van der Waals surface area (Å²) in [5.74, 6) is -0.140. The Morgan fingerprint density at radius 1 is 1.29 bits per heavy atom. The smallest absolute Gasteiger partial charge is 0.302 e. The molecule has 0 aromatic heterocycles. The second-order valence-electron chi connectivity index (χ2n) is 6.75. The van der Waals surface area contributed by atoms with Crippen molar-refractivity contribution >= 4 is 11.9 Å². The summed E-state index contributed by atoms with van der Waals surface area (Å²) in [7, 11) is 0. The summed E-state index contributed by atoms with van der Waals surface area (Å²) in [6.45, 7) is 12.4. The van der Waals surface area contributed by atoms with Crippen molar-refractivity contribution in [3.05, 3.63) is 33.9 Å². The van der Waals surface area contributed by atoms with E-state index in [-0.39, 0.29) is 11.9 Å². The predicted molar refractivity (Wildman–Crippen MR) is 93.6 cm³/mol. The summed E-state index contributed by atoms with van der Waals surface area (Å²) >= 11 is 0. The number of hydrogen-bond acceptors (Lipinski definition) is 4. The predicted octanol–water partition coefficient (Wildman–Crippen LogP) is 2.39. The largest absolute Gasteiger partial charge is 0.461 e. The average molecular weight is 332 g/mol. The van der Waals surface area contributed by atoms with Crippen molar-refractivity contribution < 1.29 is 14.3 Å². The van der Waals surface area contributed by atoms with Gasteiger partial charge in [-0.2, -0.15) is 0 Å². The summed E-state index contributed by atoms with van der Waals surface area (Å²) in [6.07, 6.45) is 0.536. The molecule has 0 bridgehead atoms. The maximum Gasteiger partial charge on any atom is 0.302 e. The van der Waals surface area contributed by atoms with Crippen LogP contribution in [0.1, 0.15) is 48.1 Å². The summed E-state index contributed by atoms with van der Waals surface area (Å²) in [4.78, 5) is 25.1. The number of nitrogens with zero attached hydrogens (tertiary/aromatic N) is 1. The summed E-state index contributed by atoms with van der Waals surface area (Å²) < 4.78 is 5.22. The van der Waals surface area contributed by atoms with E-state index in [0.29, 0.717) is 25.6 Å². The molecule has 5 heteroatoms. The highest BCUT2D eigenvalue weighted by Gasteiger charge is 2.22. The second kappa shape index (κ2) is 7.79. The number of rotatable bonds is 4. The summed E-state index contributed by atoms with van der Waals surface area (Å²) in [5, 5.41) is 2.95. The topological polar surface area (TPSA) is 58.6 Å². The van der Waals surface area contributed by atoms with Crippen molar-refractivity contribution in [3.8, 4) is 0 Å². The van der Waals surface area contributed by atoms with Crippen molar-refractivity contribution in [3.63, 3.8) is 0 Å². The number of carbonyl (C=O) groups is 2. The van der Waals surface area contributed by atoms with Crippen LogP contribution < -0.4 is 5.32 Å². The highest BCUT2D eigenvalue weighted by Crippen LogP contribution is 2.25. The molecule has 1 heterocycles. The van der Waals surface area contributed by atoms with Gasteiger partial charge in [0, 0.05) is 39.0 Å². The number of aryl methyl sites for hydroxylation is 2. The van der Waals surface area contributed by atoms with Crippen LogP contribution in [0.2, 0.25) is 0 Å². The van der Waals surface area contributed by atoms with E-state index in [2.05, 4.69) is 44.0 Å². The first kappa shape index (κ1) is 18.5. The normalized spacial score (nSPS) is 18.9. The number of hydrogen-bond donors (Lipinski definition) is 1. The molecule has 132 valence electrons. The van der Waals surface area contributed by atoms with Gasteiger partial charge in [0.1, 0.15) is 6.61 Å². The summed E-state index contributed by atoms with van der Waals surface area (Å²) in [6, 6.07) is 2.46. The fraction of sp³-hybridized carbons (Fsp3) is 0.579. The van der Waals surface area contributed by atoms with Crippen LogP contribution in [0.4, 0.5) is 0 Å². The third kappa shape index (κ3) is 4.35. The van der Waals surface area contributed by atoms with Gasteiger partial charge in [0.2, 0.25) is 5.91 Å². The third-order valence-corrected chi connectivity index (χ3v) is 4.92. The minimum Gasteiger partial charge on any atom is -0.461 e. The van der Waals surface area contributed by atoms with Gasteiger partial charge in [-0.3, -0.25) is 14.5 Å². The fourth-order valence-corrected chi connectivity index (χ4v) is 3.29. The number of nitrogens with one attached hydrogen (secondary N) is 1. The first-order valence-corrected chi connectivity index (χ1v) is 8.52. The van der Waals surface area contributed by atoms with E-state index in [9.17, 15) is 9.59 Å². The molecule has 1 aromatic rings. The Labute approximate surface area is 144 Å². The van der Waals surface area contributed by atoms with Gasteiger partial charge in [0.15, 0.2) is 0 Å². The van der Waals surface area contributed by atoms with E-state index in [1.54, 1.807) is 0 Å². The highest BCUT2D eigenvalue weighted by atomic mass is 16.5. The Morgan fingerprint density at radius 3 is 2.62 bits per heavy atom. The Bertz CT molecular complexity index is 640. The SMILES string of the molecule is CC(=O)OCc1c(C)cc(C)c(CN2CCC(=O)NC[C@@H]2C)c1C. The molecule has 0 radical (unpaired) electrons. The zero-order chi connectivity index (χ0) is 17.9. The van der Waals surface area contributed by atoms with E-state index >= 15 is 0 Å². The Morgan fingerprint density at radius 2 is 1.96 bits per heavy atom. The van der Waals surface area contributed by atoms with E-state index in [4.69, 9.17) is 4.74 Å². The van der Waals surface area contributed by atoms with Gasteiger partial charge in [-0.25, -0.2) is 0 Å². The molecule has 1 fully saturated rings. The third-order valence-electron chi connectivity index (χ3n) is 4.92. The molecule has 1 saturated heterocycles. The molecule has 1 aliphatic heterocycles. The molecule has 1 aliphatic rings. The first-order valence-electron chi connectivity index (χ1n) is 8.52. The molecule has 1 N–H and O–H groups in total. The molecule has 1 atom stereocenters. The van der Waals surface area contributed by atoms with Crippen LogP contribution in [0, 0.1) is 20.8 Å². The van der Waals surface area contributed by atoms with Crippen LogP contribution in [0.15, 0.2) is 6.07 Å². The van der Waals surface area contributed by atoms with Gasteiger partial charge in [0.05, 0.1) is 0 Å². The molecule has 5 nitrogen and oxygen atoms in total. The fourth-order valence-electron chi connectivity index (χ4n) is 3.29. The minimum atomic E-state index is -0.262. The zero-order valence-corrected chi connectivity index (χ0v) is 15.4. The molecule has 2 rings (SSSR count). The summed E-state index contributed by atoms with van der Waals surface area (Å²) in [5.41, 5.74) is 5.93. The maximum atomic E-state index is 11.6. The average Bonchev–Trinajstić information content (AvgIpc) is 2.65. The van der Waals surface area contributed by atoms with Gasteiger partial charge in [-0.1, -0.05) is 6.07 Å². The van der Waals surface area contributed by atoms with Crippen molar-refractivity contribution in [2.75, 3.05) is 13.1 Å². The second-order valence-corrected chi connectivity index (χ2v) is 6.75. The lowest BCUT2D eigenvalue weighted by molar-refractivity contribution is -0.142. The van der Waals surface area contributed by atoms with Gasteiger partial charge in [0.25, 0.3) is 0 Å². The van der Waals surface area contributed by atoms with Crippen LogP contribution in [-0.4, -0.2) is 35.9 Å².